The first kappa shape index (κ1) is 15.3. The van der Waals surface area contributed by atoms with E-state index in [2.05, 4.69) is 10.5 Å². The Balaban J connectivity index is 2.24. The number of anilines is 1. The van der Waals surface area contributed by atoms with E-state index in [1.54, 1.807) is 0 Å². The Bertz CT molecular complexity index is 562. The van der Waals surface area contributed by atoms with Gasteiger partial charge in [-0.3, -0.25) is 15.5 Å². The lowest BCUT2D eigenvalue weighted by Crippen LogP contribution is -2.09. The number of hydrogen-bond donors (Lipinski definition) is 1. The third-order valence-corrected chi connectivity index (χ3v) is 3.29. The number of alkyl halides is 3. The number of rotatable bonds is 3. The van der Waals surface area contributed by atoms with Crippen LogP contribution in [-0.4, -0.2) is 10.6 Å². The highest BCUT2D eigenvalue weighted by Gasteiger charge is 2.33. The molecule has 1 aromatic carbocycles. The van der Waals surface area contributed by atoms with Gasteiger partial charge in [0, 0.05) is 11.8 Å². The molecule has 21 heavy (non-hydrogen) atoms. The summed E-state index contributed by atoms with van der Waals surface area (Å²) in [6.07, 6.45) is 0.145. The lowest BCUT2D eigenvalue weighted by molar-refractivity contribution is -0.384. The van der Waals surface area contributed by atoms with E-state index in [1.165, 1.54) is 0 Å². The molecule has 0 saturated heterocycles. The predicted octanol–water partition coefficient (Wildman–Crippen LogP) is 4.35. The van der Waals surface area contributed by atoms with Gasteiger partial charge in [0.05, 0.1) is 10.5 Å². The minimum atomic E-state index is -4.61. The lowest BCUT2D eigenvalue weighted by atomic mass is 9.99. The molecule has 114 valence electrons. The molecule has 1 fully saturated rings. The average molecular weight is 301 g/mol. The average Bonchev–Trinajstić information content (AvgIpc) is 2.45. The van der Waals surface area contributed by atoms with E-state index in [0.29, 0.717) is 6.07 Å². The molecule has 0 spiro atoms. The molecule has 1 aliphatic rings. The Morgan fingerprint density at radius 2 is 1.86 bits per heavy atom. The van der Waals surface area contributed by atoms with Crippen molar-refractivity contribution in [2.75, 3.05) is 5.43 Å². The molecule has 0 atom stereocenters. The maximum absolute atomic E-state index is 12.6. The van der Waals surface area contributed by atoms with Crippen molar-refractivity contribution < 1.29 is 18.1 Å². The second-order valence-electron chi connectivity index (χ2n) is 4.84. The topological polar surface area (TPSA) is 67.5 Å². The summed E-state index contributed by atoms with van der Waals surface area (Å²) < 4.78 is 37.7. The van der Waals surface area contributed by atoms with E-state index in [-0.39, 0.29) is 5.69 Å². The zero-order chi connectivity index (χ0) is 15.5. The number of hydrazone groups is 1. The first-order valence-corrected chi connectivity index (χ1v) is 6.55. The Kier molecular flexibility index (Phi) is 4.44. The highest BCUT2D eigenvalue weighted by Crippen LogP contribution is 2.35. The molecule has 0 bridgehead atoms. The van der Waals surface area contributed by atoms with Crippen molar-refractivity contribution in [3.05, 3.63) is 33.9 Å². The number of hydrogen-bond acceptors (Lipinski definition) is 4. The molecule has 0 aliphatic heterocycles. The smallest absolute Gasteiger partial charge is 0.272 e. The third kappa shape index (κ3) is 3.93. The molecule has 1 aromatic rings. The van der Waals surface area contributed by atoms with Gasteiger partial charge in [-0.25, -0.2) is 0 Å². The van der Waals surface area contributed by atoms with Gasteiger partial charge in [-0.05, 0) is 37.8 Å². The van der Waals surface area contributed by atoms with Gasteiger partial charge in [0.15, 0.2) is 0 Å². The SMILES string of the molecule is O=[N+]([O-])c1cc(C(F)(F)F)ccc1NN=C1CCCCC1. The fourth-order valence-corrected chi connectivity index (χ4v) is 2.16. The normalized spacial score (nSPS) is 15.7. The van der Waals surface area contributed by atoms with Gasteiger partial charge in [-0.15, -0.1) is 0 Å². The highest BCUT2D eigenvalue weighted by molar-refractivity contribution is 5.86. The molecule has 8 heteroatoms. The predicted molar refractivity (Wildman–Crippen MR) is 72.2 cm³/mol. The quantitative estimate of drug-likeness (QED) is 0.666. The summed E-state index contributed by atoms with van der Waals surface area (Å²) in [5, 5.41) is 15.0. The van der Waals surface area contributed by atoms with Gasteiger partial charge in [-0.1, -0.05) is 6.42 Å². The molecule has 0 aromatic heterocycles. The second kappa shape index (κ2) is 6.11. The van der Waals surface area contributed by atoms with Crippen molar-refractivity contribution >= 4 is 17.1 Å². The first-order valence-electron chi connectivity index (χ1n) is 6.55. The minimum Gasteiger partial charge on any atom is -0.272 e. The molecule has 1 N–H and O–H groups in total. The van der Waals surface area contributed by atoms with Crippen LogP contribution in [0.25, 0.3) is 0 Å². The summed E-state index contributed by atoms with van der Waals surface area (Å²) in [6, 6.07) is 2.35. The maximum atomic E-state index is 12.6. The molecular formula is C13H14F3N3O2. The molecule has 0 heterocycles. The van der Waals surface area contributed by atoms with Crippen molar-refractivity contribution in [3.63, 3.8) is 0 Å². The second-order valence-corrected chi connectivity index (χ2v) is 4.84. The van der Waals surface area contributed by atoms with E-state index >= 15 is 0 Å². The summed E-state index contributed by atoms with van der Waals surface area (Å²) in [6.45, 7) is 0. The number of nitro groups is 1. The van der Waals surface area contributed by atoms with Crippen LogP contribution in [0.5, 0.6) is 0 Å². The zero-order valence-corrected chi connectivity index (χ0v) is 11.1. The molecule has 5 nitrogen and oxygen atoms in total. The summed E-state index contributed by atoms with van der Waals surface area (Å²) in [7, 11) is 0. The van der Waals surface area contributed by atoms with Crippen molar-refractivity contribution in [3.8, 4) is 0 Å². The van der Waals surface area contributed by atoms with Gasteiger partial charge >= 0.3 is 6.18 Å². The van der Waals surface area contributed by atoms with Crippen molar-refractivity contribution in [1.29, 1.82) is 0 Å². The van der Waals surface area contributed by atoms with Crippen LogP contribution in [-0.2, 0) is 6.18 Å². The number of nitro benzene ring substituents is 1. The molecule has 2 rings (SSSR count). The van der Waals surface area contributed by atoms with E-state index in [1.807, 2.05) is 0 Å². The van der Waals surface area contributed by atoms with Crippen LogP contribution in [0.15, 0.2) is 23.3 Å². The fraction of sp³-hybridized carbons (Fsp3) is 0.462. The van der Waals surface area contributed by atoms with Gasteiger partial charge in [0.2, 0.25) is 0 Å². The zero-order valence-electron chi connectivity index (χ0n) is 11.1. The van der Waals surface area contributed by atoms with Crippen LogP contribution in [0.2, 0.25) is 0 Å². The van der Waals surface area contributed by atoms with E-state index in [0.717, 1.165) is 49.9 Å². The Hall–Kier alpha value is -2.12. The van der Waals surface area contributed by atoms with Crippen molar-refractivity contribution in [2.24, 2.45) is 5.10 Å². The largest absolute Gasteiger partial charge is 0.416 e. The van der Waals surface area contributed by atoms with Crippen LogP contribution in [0, 0.1) is 10.1 Å². The third-order valence-electron chi connectivity index (χ3n) is 3.29. The first-order chi connectivity index (χ1) is 9.88. The summed E-state index contributed by atoms with van der Waals surface area (Å²) in [4.78, 5) is 10.1. The van der Waals surface area contributed by atoms with Crippen molar-refractivity contribution in [2.45, 2.75) is 38.3 Å². The number of nitrogens with one attached hydrogen (secondary N) is 1. The van der Waals surface area contributed by atoms with E-state index < -0.39 is 22.4 Å². The standard InChI is InChI=1S/C13H14F3N3O2/c14-13(15,16)9-6-7-11(12(8-9)19(20)21)18-17-10-4-2-1-3-5-10/h6-8,18H,1-5H2. The highest BCUT2D eigenvalue weighted by atomic mass is 19.4. The number of halogens is 3. The Morgan fingerprint density at radius 1 is 1.19 bits per heavy atom. The summed E-state index contributed by atoms with van der Waals surface area (Å²) in [5.74, 6) is 0. The van der Waals surface area contributed by atoms with Crippen molar-refractivity contribution in [1.82, 2.24) is 0 Å². The fourth-order valence-electron chi connectivity index (χ4n) is 2.16. The summed E-state index contributed by atoms with van der Waals surface area (Å²) in [5.41, 5.74) is 1.69. The Morgan fingerprint density at radius 3 is 2.43 bits per heavy atom. The van der Waals surface area contributed by atoms with Crippen LogP contribution in [0.3, 0.4) is 0 Å². The monoisotopic (exact) mass is 301 g/mol. The van der Waals surface area contributed by atoms with E-state index in [9.17, 15) is 23.3 Å². The van der Waals surface area contributed by atoms with Gasteiger partial charge < -0.3 is 0 Å². The van der Waals surface area contributed by atoms with Gasteiger partial charge in [0.25, 0.3) is 5.69 Å². The molecule has 0 unspecified atom stereocenters. The lowest BCUT2D eigenvalue weighted by Gasteiger charge is -2.13. The summed E-state index contributed by atoms with van der Waals surface area (Å²) >= 11 is 0. The molecular weight excluding hydrogens is 287 g/mol. The van der Waals surface area contributed by atoms with Gasteiger partial charge in [0.1, 0.15) is 5.69 Å². The minimum absolute atomic E-state index is 0.0360. The molecule has 0 amide bonds. The van der Waals surface area contributed by atoms with Crippen LogP contribution in [0.4, 0.5) is 24.5 Å². The van der Waals surface area contributed by atoms with Crippen LogP contribution >= 0.6 is 0 Å². The van der Waals surface area contributed by atoms with Crippen LogP contribution in [0.1, 0.15) is 37.7 Å². The van der Waals surface area contributed by atoms with Crippen LogP contribution < -0.4 is 5.43 Å². The molecule has 1 aliphatic carbocycles. The number of nitrogens with zero attached hydrogens (tertiary/aromatic N) is 2. The van der Waals surface area contributed by atoms with E-state index in [4.69, 9.17) is 0 Å². The molecule has 1 saturated carbocycles. The van der Waals surface area contributed by atoms with Gasteiger partial charge in [-0.2, -0.15) is 18.3 Å². The molecule has 0 radical (unpaired) electrons. The maximum Gasteiger partial charge on any atom is 0.416 e. The number of benzene rings is 1. The Labute approximate surface area is 119 Å².